The van der Waals surface area contributed by atoms with Crippen LogP contribution in [-0.4, -0.2) is 35.1 Å². The first kappa shape index (κ1) is 25.3. The number of hydrogen-bond acceptors (Lipinski definition) is 6. The Balaban J connectivity index is 1.60. The standard InChI is InChI=1S/C23H18F4N4O4S/c1-13-11-16-17(31(13)22(32)29-15-4-2-3-14(12-15)23(25,26)27)5-6-18(21(16)24)35-20-7-9-28-19(30-20)8-10-36(33)34/h2-7,9,11-12H,8,10H2,1H3,(H,29,32)(H,33,34)/p-1. The molecule has 0 aliphatic carbocycles. The summed E-state index contributed by atoms with van der Waals surface area (Å²) in [7, 11) is 0. The van der Waals surface area contributed by atoms with Crippen LogP contribution < -0.4 is 10.1 Å². The molecule has 13 heteroatoms. The summed E-state index contributed by atoms with van der Waals surface area (Å²) in [5.74, 6) is -0.976. The third-order valence-electron chi connectivity index (χ3n) is 5.10. The van der Waals surface area contributed by atoms with E-state index < -0.39 is 34.7 Å². The number of hydrogen-bond donors (Lipinski definition) is 1. The summed E-state index contributed by atoms with van der Waals surface area (Å²) < 4.78 is 82.3. The van der Waals surface area contributed by atoms with Gasteiger partial charge in [0, 0.05) is 41.2 Å². The number of fused-ring (bicyclic) bond motifs is 1. The Morgan fingerprint density at radius 3 is 2.69 bits per heavy atom. The summed E-state index contributed by atoms with van der Waals surface area (Å²) in [5, 5.41) is 2.44. The van der Waals surface area contributed by atoms with E-state index in [0.717, 1.165) is 16.7 Å². The summed E-state index contributed by atoms with van der Waals surface area (Å²) >= 11 is -2.27. The molecule has 0 saturated carbocycles. The van der Waals surface area contributed by atoms with E-state index >= 15 is 4.39 Å². The molecule has 0 fully saturated rings. The maximum Gasteiger partial charge on any atom is 0.416 e. The van der Waals surface area contributed by atoms with Gasteiger partial charge in [-0.25, -0.2) is 14.2 Å². The number of carbonyl (C=O) groups is 1. The van der Waals surface area contributed by atoms with Crippen LogP contribution in [0.1, 0.15) is 17.1 Å². The zero-order chi connectivity index (χ0) is 26.0. The summed E-state index contributed by atoms with van der Waals surface area (Å²) in [6.45, 7) is 1.54. The van der Waals surface area contributed by atoms with Crippen LogP contribution in [0.2, 0.25) is 0 Å². The second-order valence-corrected chi connectivity index (χ2v) is 8.63. The van der Waals surface area contributed by atoms with E-state index in [4.69, 9.17) is 4.74 Å². The van der Waals surface area contributed by atoms with E-state index in [0.29, 0.717) is 5.69 Å². The third kappa shape index (κ3) is 5.52. The molecular formula is C23H17F4N4O4S-. The molecule has 0 bridgehead atoms. The third-order valence-corrected chi connectivity index (χ3v) is 5.64. The predicted molar refractivity (Wildman–Crippen MR) is 122 cm³/mol. The number of aromatic nitrogens is 3. The maximum absolute atomic E-state index is 15.3. The molecule has 0 saturated heterocycles. The van der Waals surface area contributed by atoms with Crippen LogP contribution in [0.5, 0.6) is 11.6 Å². The fourth-order valence-corrected chi connectivity index (χ4v) is 3.85. The molecule has 4 rings (SSSR count). The highest BCUT2D eigenvalue weighted by Crippen LogP contribution is 2.33. The van der Waals surface area contributed by atoms with Gasteiger partial charge >= 0.3 is 12.2 Å². The number of rotatable bonds is 6. The molecular weight excluding hydrogens is 504 g/mol. The predicted octanol–water partition coefficient (Wildman–Crippen LogP) is 5.19. The molecule has 2 aromatic carbocycles. The van der Waals surface area contributed by atoms with Crippen molar-refractivity contribution in [3.05, 3.63) is 77.6 Å². The second kappa shape index (κ2) is 10.0. The number of alkyl halides is 3. The average Bonchev–Trinajstić information content (AvgIpc) is 3.16. The fraction of sp³-hybridized carbons (Fsp3) is 0.174. The SMILES string of the molecule is Cc1cc2c(F)c(Oc3ccnc(CCS(=O)[O-])n3)ccc2n1C(=O)Nc1cccc(C(F)(F)F)c1. The molecule has 1 unspecified atom stereocenters. The molecule has 0 radical (unpaired) electrons. The number of benzene rings is 2. The Morgan fingerprint density at radius 1 is 1.19 bits per heavy atom. The lowest BCUT2D eigenvalue weighted by Crippen LogP contribution is -2.20. The van der Waals surface area contributed by atoms with Crippen molar-refractivity contribution in [3.63, 3.8) is 0 Å². The average molecular weight is 521 g/mol. The van der Waals surface area contributed by atoms with Crippen molar-refractivity contribution in [3.8, 4) is 11.6 Å². The number of halogens is 4. The monoisotopic (exact) mass is 521 g/mol. The van der Waals surface area contributed by atoms with Crippen molar-refractivity contribution in [1.82, 2.24) is 14.5 Å². The van der Waals surface area contributed by atoms with Crippen LogP contribution in [0.4, 0.5) is 28.0 Å². The molecule has 0 spiro atoms. The van der Waals surface area contributed by atoms with Gasteiger partial charge in [-0.2, -0.15) is 18.2 Å². The van der Waals surface area contributed by atoms with E-state index in [-0.39, 0.29) is 46.2 Å². The highest BCUT2D eigenvalue weighted by atomic mass is 32.2. The Morgan fingerprint density at radius 2 is 1.97 bits per heavy atom. The van der Waals surface area contributed by atoms with Crippen molar-refractivity contribution in [1.29, 1.82) is 0 Å². The number of anilines is 1. The number of amides is 1. The Bertz CT molecular complexity index is 1470. The molecule has 0 aliphatic rings. The lowest BCUT2D eigenvalue weighted by Gasteiger charge is -2.12. The molecule has 2 heterocycles. The Hall–Kier alpha value is -3.84. The summed E-state index contributed by atoms with van der Waals surface area (Å²) in [4.78, 5) is 20.9. The van der Waals surface area contributed by atoms with Crippen LogP contribution in [0.3, 0.4) is 0 Å². The summed E-state index contributed by atoms with van der Waals surface area (Å²) in [5.41, 5.74) is -0.489. The van der Waals surface area contributed by atoms with E-state index in [9.17, 15) is 26.7 Å². The van der Waals surface area contributed by atoms with E-state index in [1.54, 1.807) is 6.92 Å². The van der Waals surface area contributed by atoms with Crippen LogP contribution in [-0.2, 0) is 23.7 Å². The molecule has 1 N–H and O–H groups in total. The summed E-state index contributed by atoms with van der Waals surface area (Å²) in [6, 6.07) is 8.87. The van der Waals surface area contributed by atoms with Gasteiger partial charge in [0.05, 0.1) is 11.1 Å². The lowest BCUT2D eigenvalue weighted by molar-refractivity contribution is -0.137. The molecule has 1 amide bonds. The van der Waals surface area contributed by atoms with Crippen LogP contribution in [0.15, 0.2) is 54.7 Å². The number of nitrogens with one attached hydrogen (secondary N) is 1. The van der Waals surface area contributed by atoms with Gasteiger partial charge in [-0.3, -0.25) is 8.78 Å². The molecule has 36 heavy (non-hydrogen) atoms. The smallest absolute Gasteiger partial charge is 0.416 e. The molecule has 188 valence electrons. The van der Waals surface area contributed by atoms with Crippen molar-refractivity contribution < 1.29 is 35.9 Å². The molecule has 8 nitrogen and oxygen atoms in total. The highest BCUT2D eigenvalue weighted by molar-refractivity contribution is 7.79. The largest absolute Gasteiger partial charge is 0.772 e. The molecule has 0 aliphatic heterocycles. The fourth-order valence-electron chi connectivity index (χ4n) is 3.50. The number of aryl methyl sites for hydroxylation is 2. The van der Waals surface area contributed by atoms with Crippen LogP contribution in [0.25, 0.3) is 10.9 Å². The van der Waals surface area contributed by atoms with Gasteiger partial charge in [-0.05, 0) is 43.3 Å². The minimum atomic E-state index is -4.57. The normalized spacial score (nSPS) is 12.5. The Kier molecular flexibility index (Phi) is 7.04. The number of carbonyl (C=O) groups excluding carboxylic acids is 1. The van der Waals surface area contributed by atoms with Gasteiger partial charge in [-0.15, -0.1) is 0 Å². The first-order chi connectivity index (χ1) is 17.0. The van der Waals surface area contributed by atoms with Crippen LogP contribution in [0, 0.1) is 12.7 Å². The maximum atomic E-state index is 15.3. The van der Waals surface area contributed by atoms with Crippen molar-refractivity contribution >= 4 is 33.7 Å². The van der Waals surface area contributed by atoms with Gasteiger partial charge in [0.15, 0.2) is 11.6 Å². The topological polar surface area (TPSA) is 109 Å². The zero-order valence-electron chi connectivity index (χ0n) is 18.5. The molecule has 4 aromatic rings. The second-order valence-electron chi connectivity index (χ2n) is 7.61. The van der Waals surface area contributed by atoms with Gasteiger partial charge in [0.25, 0.3) is 0 Å². The van der Waals surface area contributed by atoms with Gasteiger partial charge in [0.2, 0.25) is 5.88 Å². The van der Waals surface area contributed by atoms with Gasteiger partial charge in [-0.1, -0.05) is 17.1 Å². The van der Waals surface area contributed by atoms with Crippen molar-refractivity contribution in [2.45, 2.75) is 19.5 Å². The summed E-state index contributed by atoms with van der Waals surface area (Å²) in [6.07, 6.45) is -3.17. The number of nitrogens with zero attached hydrogens (tertiary/aromatic N) is 3. The lowest BCUT2D eigenvalue weighted by atomic mass is 10.2. The number of ether oxygens (including phenoxy) is 1. The highest BCUT2D eigenvalue weighted by Gasteiger charge is 2.30. The van der Waals surface area contributed by atoms with E-state index in [1.165, 1.54) is 42.6 Å². The minimum Gasteiger partial charge on any atom is -0.772 e. The molecule has 1 atom stereocenters. The minimum absolute atomic E-state index is 0.00613. The quantitative estimate of drug-likeness (QED) is 0.276. The van der Waals surface area contributed by atoms with E-state index in [2.05, 4.69) is 15.3 Å². The van der Waals surface area contributed by atoms with Crippen molar-refractivity contribution in [2.24, 2.45) is 0 Å². The van der Waals surface area contributed by atoms with Crippen molar-refractivity contribution in [2.75, 3.05) is 11.1 Å². The first-order valence-electron chi connectivity index (χ1n) is 10.4. The van der Waals surface area contributed by atoms with E-state index in [1.807, 2.05) is 0 Å². The van der Waals surface area contributed by atoms with Crippen LogP contribution >= 0.6 is 0 Å². The van der Waals surface area contributed by atoms with Gasteiger partial charge < -0.3 is 14.6 Å². The van der Waals surface area contributed by atoms with Gasteiger partial charge in [0.1, 0.15) is 5.82 Å². The first-order valence-corrected chi connectivity index (χ1v) is 11.6. The molecule has 2 aromatic heterocycles. The zero-order valence-corrected chi connectivity index (χ0v) is 19.3. The Labute approximate surface area is 204 Å².